The molecule has 0 radical (unpaired) electrons. The van der Waals surface area contributed by atoms with Crippen molar-refractivity contribution in [2.24, 2.45) is 4.99 Å². The first-order valence-electron chi connectivity index (χ1n) is 10.2. The molecule has 1 heterocycles. The number of para-hydroxylation sites is 1. The lowest BCUT2D eigenvalue weighted by Crippen LogP contribution is -2.44. The maximum Gasteiger partial charge on any atom is 0.411 e. The standard InChI is InChI=1S/C22H27F2N5O2/c1-3-25-21(26-13-15-7-9-16(10-8-15)28-22(30)31-2)27-17-11-12-29(14-17)20-18(23)5-4-6-19(20)24/h4-10,17H,3,11-14H2,1-2H3,(H,28,30)(H2,25,26,27). The highest BCUT2D eigenvalue weighted by molar-refractivity contribution is 5.84. The summed E-state index contributed by atoms with van der Waals surface area (Å²) >= 11 is 0. The SMILES string of the molecule is CCNC(=NCc1ccc(NC(=O)OC)cc1)NC1CCN(c2c(F)cccc2F)C1. The van der Waals surface area contributed by atoms with E-state index in [0.717, 1.165) is 12.0 Å². The van der Waals surface area contributed by atoms with E-state index in [4.69, 9.17) is 0 Å². The Hall–Kier alpha value is -3.36. The van der Waals surface area contributed by atoms with Crippen LogP contribution in [0.1, 0.15) is 18.9 Å². The first-order chi connectivity index (χ1) is 15.0. The van der Waals surface area contributed by atoms with Gasteiger partial charge in [-0.2, -0.15) is 0 Å². The Morgan fingerprint density at radius 1 is 1.19 bits per heavy atom. The number of anilines is 2. The topological polar surface area (TPSA) is 78.0 Å². The summed E-state index contributed by atoms with van der Waals surface area (Å²) in [5.41, 5.74) is 1.62. The number of guanidine groups is 1. The van der Waals surface area contributed by atoms with Crippen LogP contribution in [0.2, 0.25) is 0 Å². The van der Waals surface area contributed by atoms with Crippen LogP contribution in [0.4, 0.5) is 25.0 Å². The molecule has 1 fully saturated rings. The van der Waals surface area contributed by atoms with Crippen molar-refractivity contribution in [3.63, 3.8) is 0 Å². The van der Waals surface area contributed by atoms with Crippen LogP contribution in [-0.4, -0.2) is 44.8 Å². The number of ether oxygens (including phenoxy) is 1. The minimum Gasteiger partial charge on any atom is -0.453 e. The third-order valence-electron chi connectivity index (χ3n) is 4.93. The zero-order valence-corrected chi connectivity index (χ0v) is 17.6. The summed E-state index contributed by atoms with van der Waals surface area (Å²) in [6.07, 6.45) is 0.219. The first kappa shape index (κ1) is 22.3. The minimum absolute atomic E-state index is 0.0171. The Labute approximate surface area is 180 Å². The average Bonchev–Trinajstić information content (AvgIpc) is 3.21. The molecule has 1 aliphatic heterocycles. The maximum absolute atomic E-state index is 14.1. The summed E-state index contributed by atoms with van der Waals surface area (Å²) in [5.74, 6) is -0.460. The van der Waals surface area contributed by atoms with Gasteiger partial charge in [0.1, 0.15) is 17.3 Å². The fourth-order valence-corrected chi connectivity index (χ4v) is 3.42. The zero-order chi connectivity index (χ0) is 22.2. The number of hydrogen-bond donors (Lipinski definition) is 3. The molecular formula is C22H27F2N5O2. The molecular weight excluding hydrogens is 404 g/mol. The maximum atomic E-state index is 14.1. The van der Waals surface area contributed by atoms with Crippen molar-refractivity contribution in [1.82, 2.24) is 10.6 Å². The van der Waals surface area contributed by atoms with Gasteiger partial charge in [-0.15, -0.1) is 0 Å². The van der Waals surface area contributed by atoms with Crippen molar-refractivity contribution in [2.45, 2.75) is 25.9 Å². The van der Waals surface area contributed by atoms with Crippen molar-refractivity contribution in [2.75, 3.05) is 37.0 Å². The van der Waals surface area contributed by atoms with Gasteiger partial charge in [-0.1, -0.05) is 18.2 Å². The second kappa shape index (κ2) is 10.6. The van der Waals surface area contributed by atoms with Gasteiger partial charge in [0.15, 0.2) is 5.96 Å². The van der Waals surface area contributed by atoms with Crippen molar-refractivity contribution >= 4 is 23.4 Å². The molecule has 1 aliphatic rings. The van der Waals surface area contributed by atoms with E-state index >= 15 is 0 Å². The van der Waals surface area contributed by atoms with Crippen molar-refractivity contribution in [3.8, 4) is 0 Å². The Morgan fingerprint density at radius 2 is 1.90 bits per heavy atom. The Kier molecular flexibility index (Phi) is 7.64. The number of hydrogen-bond acceptors (Lipinski definition) is 4. The Balaban J connectivity index is 1.59. The molecule has 3 rings (SSSR count). The molecule has 0 saturated carbocycles. The van der Waals surface area contributed by atoms with Crippen LogP contribution in [0.15, 0.2) is 47.5 Å². The number of nitrogens with one attached hydrogen (secondary N) is 3. The normalized spacial score (nSPS) is 16.2. The summed E-state index contributed by atoms with van der Waals surface area (Å²) in [6, 6.07) is 11.2. The van der Waals surface area contributed by atoms with Crippen LogP contribution < -0.4 is 20.9 Å². The summed E-state index contributed by atoms with van der Waals surface area (Å²) in [4.78, 5) is 17.6. The summed E-state index contributed by atoms with van der Waals surface area (Å²) in [6.45, 7) is 4.14. The molecule has 3 N–H and O–H groups in total. The van der Waals surface area contributed by atoms with Crippen LogP contribution in [0.5, 0.6) is 0 Å². The Bertz CT molecular complexity index is 900. The highest BCUT2D eigenvalue weighted by atomic mass is 19.1. The molecule has 2 aromatic carbocycles. The molecule has 2 aromatic rings. The quantitative estimate of drug-likeness (QED) is 0.482. The highest BCUT2D eigenvalue weighted by Crippen LogP contribution is 2.26. The number of rotatable bonds is 6. The lowest BCUT2D eigenvalue weighted by atomic mass is 10.2. The summed E-state index contributed by atoms with van der Waals surface area (Å²) < 4.78 is 32.7. The molecule has 1 saturated heterocycles. The number of benzene rings is 2. The van der Waals surface area contributed by atoms with Gasteiger partial charge >= 0.3 is 6.09 Å². The number of halogens is 2. The lowest BCUT2D eigenvalue weighted by molar-refractivity contribution is 0.187. The molecule has 0 aliphatic carbocycles. The van der Waals surface area contributed by atoms with E-state index in [9.17, 15) is 13.6 Å². The lowest BCUT2D eigenvalue weighted by Gasteiger charge is -2.21. The second-order valence-corrected chi connectivity index (χ2v) is 7.15. The van der Waals surface area contributed by atoms with Crippen LogP contribution in [0.3, 0.4) is 0 Å². The van der Waals surface area contributed by atoms with Crippen LogP contribution in [0, 0.1) is 11.6 Å². The van der Waals surface area contributed by atoms with Crippen molar-refractivity contribution in [1.29, 1.82) is 0 Å². The molecule has 1 atom stereocenters. The number of nitrogens with zero attached hydrogens (tertiary/aromatic N) is 2. The number of aliphatic imine (C=N–C) groups is 1. The third-order valence-corrected chi connectivity index (χ3v) is 4.93. The van der Waals surface area contributed by atoms with Gasteiger partial charge in [0.25, 0.3) is 0 Å². The predicted octanol–water partition coefficient (Wildman–Crippen LogP) is 3.48. The second-order valence-electron chi connectivity index (χ2n) is 7.15. The Morgan fingerprint density at radius 3 is 2.55 bits per heavy atom. The fourth-order valence-electron chi connectivity index (χ4n) is 3.42. The molecule has 0 aromatic heterocycles. The summed E-state index contributed by atoms with van der Waals surface area (Å²) in [7, 11) is 1.31. The van der Waals surface area contributed by atoms with Crippen molar-refractivity contribution < 1.29 is 18.3 Å². The number of carbonyl (C=O) groups excluding carboxylic acids is 1. The molecule has 1 unspecified atom stereocenters. The van der Waals surface area contributed by atoms with Gasteiger partial charge in [0, 0.05) is 31.4 Å². The van der Waals surface area contributed by atoms with Crippen LogP contribution in [0.25, 0.3) is 0 Å². The fraction of sp³-hybridized carbons (Fsp3) is 0.364. The van der Waals surface area contributed by atoms with Crippen LogP contribution >= 0.6 is 0 Å². The largest absolute Gasteiger partial charge is 0.453 e. The van der Waals surface area contributed by atoms with Crippen molar-refractivity contribution in [3.05, 3.63) is 59.7 Å². The van der Waals surface area contributed by atoms with Gasteiger partial charge in [0.05, 0.1) is 13.7 Å². The molecule has 0 spiro atoms. The van der Waals surface area contributed by atoms with E-state index in [0.29, 0.717) is 37.8 Å². The van der Waals surface area contributed by atoms with Gasteiger partial charge in [-0.05, 0) is 43.2 Å². The van der Waals surface area contributed by atoms with E-state index in [1.165, 1.54) is 25.3 Å². The van der Waals surface area contributed by atoms with Gasteiger partial charge in [-0.3, -0.25) is 5.32 Å². The first-order valence-corrected chi connectivity index (χ1v) is 10.2. The summed E-state index contributed by atoms with van der Waals surface area (Å²) in [5, 5.41) is 9.15. The van der Waals surface area contributed by atoms with E-state index in [-0.39, 0.29) is 11.7 Å². The molecule has 0 bridgehead atoms. The molecule has 7 nitrogen and oxygen atoms in total. The minimum atomic E-state index is -0.550. The average molecular weight is 431 g/mol. The number of methoxy groups -OCH3 is 1. The van der Waals surface area contributed by atoms with E-state index in [2.05, 4.69) is 25.7 Å². The smallest absolute Gasteiger partial charge is 0.411 e. The third kappa shape index (κ3) is 6.07. The number of amides is 1. The van der Waals surface area contributed by atoms with Gasteiger partial charge in [-0.25, -0.2) is 18.6 Å². The highest BCUT2D eigenvalue weighted by Gasteiger charge is 2.27. The van der Waals surface area contributed by atoms with E-state index in [1.54, 1.807) is 17.0 Å². The number of carbonyl (C=O) groups is 1. The molecule has 31 heavy (non-hydrogen) atoms. The molecule has 9 heteroatoms. The monoisotopic (exact) mass is 431 g/mol. The zero-order valence-electron chi connectivity index (χ0n) is 17.6. The molecule has 166 valence electrons. The van der Waals surface area contributed by atoms with Gasteiger partial charge < -0.3 is 20.3 Å². The molecule has 1 amide bonds. The van der Waals surface area contributed by atoms with E-state index < -0.39 is 17.7 Å². The predicted molar refractivity (Wildman–Crippen MR) is 117 cm³/mol. The van der Waals surface area contributed by atoms with Gasteiger partial charge in [0.2, 0.25) is 0 Å². The van der Waals surface area contributed by atoms with E-state index in [1.807, 2.05) is 19.1 Å². The van der Waals surface area contributed by atoms with Crippen LogP contribution in [-0.2, 0) is 11.3 Å².